The number of aromatic nitrogens is 2. The molecule has 2 aromatic heterocycles. The maximum atomic E-state index is 12.3. The normalized spacial score (nSPS) is 15.0. The molecule has 8 nitrogen and oxygen atoms in total. The van der Waals surface area contributed by atoms with Crippen molar-refractivity contribution in [3.05, 3.63) is 53.2 Å². The van der Waals surface area contributed by atoms with Crippen LogP contribution in [0.1, 0.15) is 30.7 Å². The van der Waals surface area contributed by atoms with Gasteiger partial charge in [-0.2, -0.15) is 4.98 Å². The molecule has 4 rings (SSSR count). The molecule has 168 valence electrons. The molecule has 0 unspecified atom stereocenters. The number of likely N-dealkylation sites (tertiary alicyclic amines) is 1. The van der Waals surface area contributed by atoms with Crippen LogP contribution in [0.3, 0.4) is 0 Å². The lowest BCUT2D eigenvalue weighted by molar-refractivity contribution is -0.123. The van der Waals surface area contributed by atoms with E-state index in [4.69, 9.17) is 10.3 Å². The van der Waals surface area contributed by atoms with Crippen LogP contribution in [0, 0.1) is 5.92 Å². The van der Waals surface area contributed by atoms with E-state index in [-0.39, 0.29) is 24.2 Å². The first kappa shape index (κ1) is 22.2. The maximum absolute atomic E-state index is 12.3. The molecule has 1 saturated heterocycles. The molecule has 0 atom stereocenters. The van der Waals surface area contributed by atoms with Crippen LogP contribution in [0.4, 0.5) is 5.69 Å². The van der Waals surface area contributed by atoms with Crippen LogP contribution >= 0.6 is 11.3 Å². The predicted octanol–water partition coefficient (Wildman–Crippen LogP) is 3.11. The predicted molar refractivity (Wildman–Crippen MR) is 123 cm³/mol. The largest absolute Gasteiger partial charge is 0.369 e. The number of amides is 2. The van der Waals surface area contributed by atoms with Crippen LogP contribution in [0.15, 0.2) is 46.3 Å². The van der Waals surface area contributed by atoms with E-state index in [1.807, 2.05) is 41.8 Å². The fourth-order valence-electron chi connectivity index (χ4n) is 3.79. The number of aryl methyl sites for hydroxylation is 1. The second-order valence-electron chi connectivity index (χ2n) is 8.00. The summed E-state index contributed by atoms with van der Waals surface area (Å²) in [7, 11) is 0. The smallest absolute Gasteiger partial charge is 0.227 e. The summed E-state index contributed by atoms with van der Waals surface area (Å²) >= 11 is 1.55. The number of nitrogens with zero attached hydrogens (tertiary/aromatic N) is 3. The van der Waals surface area contributed by atoms with Crippen LogP contribution in [-0.4, -0.2) is 46.5 Å². The molecule has 0 aliphatic carbocycles. The number of nitrogens with two attached hydrogens (primary N) is 1. The molecular weight excluding hydrogens is 426 g/mol. The number of hydrogen-bond acceptors (Lipinski definition) is 7. The number of anilines is 1. The van der Waals surface area contributed by atoms with E-state index in [2.05, 4.69) is 20.4 Å². The molecule has 3 aromatic rings. The quantitative estimate of drug-likeness (QED) is 0.515. The first-order valence-corrected chi connectivity index (χ1v) is 11.7. The molecule has 0 spiro atoms. The Balaban J connectivity index is 1.18. The minimum Gasteiger partial charge on any atom is -0.369 e. The average Bonchev–Trinajstić information content (AvgIpc) is 3.49. The molecule has 1 aliphatic heterocycles. The number of piperidine rings is 1. The van der Waals surface area contributed by atoms with E-state index in [0.29, 0.717) is 18.1 Å². The first-order valence-electron chi connectivity index (χ1n) is 10.8. The Bertz CT molecular complexity index is 1020. The fourth-order valence-corrected chi connectivity index (χ4v) is 4.44. The number of nitrogens with one attached hydrogen (secondary N) is 1. The summed E-state index contributed by atoms with van der Waals surface area (Å²) in [6.45, 7) is 2.78. The van der Waals surface area contributed by atoms with Crippen LogP contribution in [0.5, 0.6) is 0 Å². The molecule has 9 heteroatoms. The Morgan fingerprint density at radius 1 is 1.16 bits per heavy atom. The lowest BCUT2D eigenvalue weighted by atomic mass is 9.96. The fraction of sp³-hybridized carbons (Fsp3) is 0.391. The van der Waals surface area contributed by atoms with Gasteiger partial charge in [0.15, 0.2) is 0 Å². The highest BCUT2D eigenvalue weighted by atomic mass is 32.1. The second-order valence-corrected chi connectivity index (χ2v) is 8.95. The van der Waals surface area contributed by atoms with E-state index >= 15 is 0 Å². The van der Waals surface area contributed by atoms with Crippen molar-refractivity contribution in [1.82, 2.24) is 15.0 Å². The third kappa shape index (κ3) is 6.02. The Labute approximate surface area is 190 Å². The van der Waals surface area contributed by atoms with Gasteiger partial charge in [0.25, 0.3) is 0 Å². The average molecular weight is 454 g/mol. The van der Waals surface area contributed by atoms with Gasteiger partial charge in [0, 0.05) is 31.0 Å². The summed E-state index contributed by atoms with van der Waals surface area (Å²) in [4.78, 5) is 31.2. The lowest BCUT2D eigenvalue weighted by Crippen LogP contribution is -2.39. The SMILES string of the molecule is NC(=O)C1CCN(CCc2ccc(NC(=O)CCc3nc(-c4cccs4)no3)cc2)CC1. The van der Waals surface area contributed by atoms with Crippen molar-refractivity contribution in [3.8, 4) is 10.7 Å². The van der Waals surface area contributed by atoms with E-state index in [1.165, 1.54) is 5.56 Å². The van der Waals surface area contributed by atoms with Crippen molar-refractivity contribution >= 4 is 28.8 Å². The van der Waals surface area contributed by atoms with E-state index in [9.17, 15) is 9.59 Å². The number of carbonyl (C=O) groups is 2. The summed E-state index contributed by atoms with van der Waals surface area (Å²) < 4.78 is 5.24. The number of thiophene rings is 1. The van der Waals surface area contributed by atoms with Gasteiger partial charge in [0.05, 0.1) is 4.88 Å². The third-order valence-corrected chi connectivity index (χ3v) is 6.59. The number of primary amides is 1. The van der Waals surface area contributed by atoms with Crippen molar-refractivity contribution in [2.24, 2.45) is 11.7 Å². The molecule has 3 N–H and O–H groups in total. The highest BCUT2D eigenvalue weighted by Crippen LogP contribution is 2.22. The highest BCUT2D eigenvalue weighted by Gasteiger charge is 2.22. The molecule has 0 bridgehead atoms. The van der Waals surface area contributed by atoms with Crippen molar-refractivity contribution < 1.29 is 14.1 Å². The van der Waals surface area contributed by atoms with Gasteiger partial charge in [-0.3, -0.25) is 9.59 Å². The Hall–Kier alpha value is -3.04. The second kappa shape index (κ2) is 10.5. The number of hydrogen-bond donors (Lipinski definition) is 2. The zero-order chi connectivity index (χ0) is 22.3. The first-order chi connectivity index (χ1) is 15.6. The summed E-state index contributed by atoms with van der Waals surface area (Å²) in [5, 5.41) is 8.83. The standard InChI is InChI=1S/C23H27N5O3S/c24-22(30)17-10-13-28(14-11-17)12-9-16-3-5-18(6-4-16)25-20(29)7-8-21-26-23(27-31-21)19-2-1-15-32-19/h1-6,15,17H,7-14H2,(H2,24,30)(H,25,29). The van der Waals surface area contributed by atoms with Crippen molar-refractivity contribution in [3.63, 3.8) is 0 Å². The highest BCUT2D eigenvalue weighted by molar-refractivity contribution is 7.13. The topological polar surface area (TPSA) is 114 Å². The summed E-state index contributed by atoms with van der Waals surface area (Å²) in [5.74, 6) is 0.771. The molecular formula is C23H27N5O3S. The Morgan fingerprint density at radius 3 is 2.62 bits per heavy atom. The van der Waals surface area contributed by atoms with Crippen LogP contribution in [-0.2, 0) is 22.4 Å². The lowest BCUT2D eigenvalue weighted by Gasteiger charge is -2.30. The van der Waals surface area contributed by atoms with Crippen molar-refractivity contribution in [2.75, 3.05) is 25.0 Å². The summed E-state index contributed by atoms with van der Waals surface area (Å²) in [6, 6.07) is 11.8. The van der Waals surface area contributed by atoms with Gasteiger partial charge in [-0.25, -0.2) is 0 Å². The number of benzene rings is 1. The molecule has 1 aliphatic rings. The van der Waals surface area contributed by atoms with Gasteiger partial charge in [-0.15, -0.1) is 11.3 Å². The van der Waals surface area contributed by atoms with Gasteiger partial charge >= 0.3 is 0 Å². The molecule has 32 heavy (non-hydrogen) atoms. The van der Waals surface area contributed by atoms with Gasteiger partial charge in [0.1, 0.15) is 0 Å². The zero-order valence-electron chi connectivity index (χ0n) is 17.8. The molecule has 3 heterocycles. The summed E-state index contributed by atoms with van der Waals surface area (Å²) in [5.41, 5.74) is 7.38. The minimum absolute atomic E-state index is 0.0250. The van der Waals surface area contributed by atoms with E-state index in [0.717, 1.165) is 49.5 Å². The van der Waals surface area contributed by atoms with Gasteiger partial charge in [-0.05, 0) is 61.5 Å². The number of carbonyl (C=O) groups excluding carboxylic acids is 2. The van der Waals surface area contributed by atoms with Crippen LogP contribution in [0.2, 0.25) is 0 Å². The zero-order valence-corrected chi connectivity index (χ0v) is 18.6. The monoisotopic (exact) mass is 453 g/mol. The van der Waals surface area contributed by atoms with Gasteiger partial charge < -0.3 is 20.5 Å². The Morgan fingerprint density at radius 2 is 1.94 bits per heavy atom. The Kier molecular flexibility index (Phi) is 7.28. The molecule has 1 fully saturated rings. The van der Waals surface area contributed by atoms with Gasteiger partial charge in [-0.1, -0.05) is 23.4 Å². The van der Waals surface area contributed by atoms with Crippen molar-refractivity contribution in [2.45, 2.75) is 32.1 Å². The summed E-state index contributed by atoms with van der Waals surface area (Å²) in [6.07, 6.45) is 3.29. The van der Waals surface area contributed by atoms with Crippen molar-refractivity contribution in [1.29, 1.82) is 0 Å². The molecule has 1 aromatic carbocycles. The van der Waals surface area contributed by atoms with E-state index in [1.54, 1.807) is 11.3 Å². The maximum Gasteiger partial charge on any atom is 0.227 e. The molecule has 0 saturated carbocycles. The van der Waals surface area contributed by atoms with Gasteiger partial charge in [0.2, 0.25) is 23.5 Å². The molecule has 2 amide bonds. The van der Waals surface area contributed by atoms with Crippen LogP contribution in [0.25, 0.3) is 10.7 Å². The number of rotatable bonds is 9. The van der Waals surface area contributed by atoms with E-state index < -0.39 is 0 Å². The van der Waals surface area contributed by atoms with Crippen LogP contribution < -0.4 is 11.1 Å². The minimum atomic E-state index is -0.178. The third-order valence-electron chi connectivity index (χ3n) is 5.72. The molecule has 0 radical (unpaired) electrons.